The van der Waals surface area contributed by atoms with Crippen LogP contribution in [0.5, 0.6) is 5.75 Å². The molecule has 2 aromatic carbocycles. The molecule has 8 nitrogen and oxygen atoms in total. The molecule has 1 heterocycles. The number of nitrogens with zero attached hydrogens (tertiary/aromatic N) is 2. The summed E-state index contributed by atoms with van der Waals surface area (Å²) < 4.78 is 32.7. The zero-order valence-electron chi connectivity index (χ0n) is 17.3. The Balaban J connectivity index is 1.71. The molecule has 164 valence electrons. The number of ether oxygens (including phenoxy) is 1. The van der Waals surface area contributed by atoms with E-state index >= 15 is 0 Å². The lowest BCUT2D eigenvalue weighted by atomic mass is 9.95. The molecule has 1 aliphatic heterocycles. The van der Waals surface area contributed by atoms with E-state index in [0.717, 1.165) is 32.1 Å². The van der Waals surface area contributed by atoms with Gasteiger partial charge < -0.3 is 10.1 Å². The molecule has 3 amide bonds. The number of para-hydroxylation sites is 3. The number of fused-ring (bicyclic) bond motifs is 1. The quantitative estimate of drug-likeness (QED) is 0.765. The molecule has 31 heavy (non-hydrogen) atoms. The highest BCUT2D eigenvalue weighted by molar-refractivity contribution is 7.94. The summed E-state index contributed by atoms with van der Waals surface area (Å²) in [7, 11) is -2.78. The molecule has 1 aliphatic carbocycles. The van der Waals surface area contributed by atoms with Crippen molar-refractivity contribution in [1.29, 1.82) is 0 Å². The van der Waals surface area contributed by atoms with Gasteiger partial charge in [0, 0.05) is 6.04 Å². The second kappa shape index (κ2) is 8.58. The minimum absolute atomic E-state index is 0.0361. The number of nitrogens with one attached hydrogen (secondary N) is 1. The summed E-state index contributed by atoms with van der Waals surface area (Å²) in [5.41, 5.74) is 0.291. The summed E-state index contributed by atoms with van der Waals surface area (Å²) in [6.07, 6.45) is 5.12. The maximum atomic E-state index is 13.4. The Bertz CT molecular complexity index is 1100. The molecule has 9 heteroatoms. The van der Waals surface area contributed by atoms with Gasteiger partial charge in [0.05, 0.1) is 12.8 Å². The Labute approximate surface area is 181 Å². The van der Waals surface area contributed by atoms with Crippen LogP contribution in [0.3, 0.4) is 0 Å². The standard InChI is InChI=1S/C22H25N3O5S/c1-30-19-13-7-5-11-17(19)25-22(27)24(15-21(26)23-16-9-3-2-4-10-16)18-12-6-8-14-20(18)31(25,28)29/h5-8,11-14,16H,2-4,9-10,15H2,1H3,(H,23,26). The van der Waals surface area contributed by atoms with Crippen molar-refractivity contribution in [3.63, 3.8) is 0 Å². The predicted octanol–water partition coefficient (Wildman–Crippen LogP) is 3.28. The van der Waals surface area contributed by atoms with Crippen LogP contribution in [-0.2, 0) is 14.8 Å². The first kappa shape index (κ1) is 21.2. The molecule has 1 N–H and O–H groups in total. The first-order valence-electron chi connectivity index (χ1n) is 10.3. The van der Waals surface area contributed by atoms with Crippen LogP contribution in [0.25, 0.3) is 0 Å². The lowest BCUT2D eigenvalue weighted by Crippen LogP contribution is -2.54. The predicted molar refractivity (Wildman–Crippen MR) is 117 cm³/mol. The summed E-state index contributed by atoms with van der Waals surface area (Å²) in [5.74, 6) is -0.0697. The monoisotopic (exact) mass is 443 g/mol. The summed E-state index contributed by atoms with van der Waals surface area (Å²) in [5, 5.41) is 2.99. The minimum Gasteiger partial charge on any atom is -0.495 e. The molecule has 0 unspecified atom stereocenters. The van der Waals surface area contributed by atoms with Crippen LogP contribution in [0.15, 0.2) is 53.4 Å². The Morgan fingerprint density at radius 3 is 2.39 bits per heavy atom. The zero-order valence-corrected chi connectivity index (χ0v) is 18.1. The molecule has 0 saturated heterocycles. The third kappa shape index (κ3) is 3.97. The number of amides is 3. The van der Waals surface area contributed by atoms with Crippen molar-refractivity contribution in [1.82, 2.24) is 5.32 Å². The highest BCUT2D eigenvalue weighted by atomic mass is 32.2. The van der Waals surface area contributed by atoms with Crippen LogP contribution in [-0.4, -0.2) is 40.1 Å². The van der Waals surface area contributed by atoms with Crippen molar-refractivity contribution < 1.29 is 22.7 Å². The second-order valence-corrected chi connectivity index (χ2v) is 9.44. The molecule has 1 fully saturated rings. The molecule has 0 bridgehead atoms. The summed E-state index contributed by atoms with van der Waals surface area (Å²) >= 11 is 0. The lowest BCUT2D eigenvalue weighted by Gasteiger charge is -2.36. The topological polar surface area (TPSA) is 96.0 Å². The second-order valence-electron chi connectivity index (χ2n) is 7.68. The molecule has 0 aromatic heterocycles. The van der Waals surface area contributed by atoms with Crippen molar-refractivity contribution in [2.45, 2.75) is 43.0 Å². The van der Waals surface area contributed by atoms with E-state index in [1.165, 1.54) is 30.2 Å². The molecule has 4 rings (SSSR count). The maximum absolute atomic E-state index is 13.4. The van der Waals surface area contributed by atoms with Gasteiger partial charge in [-0.15, -0.1) is 0 Å². The number of rotatable bonds is 5. The fraction of sp³-hybridized carbons (Fsp3) is 0.364. The summed E-state index contributed by atoms with van der Waals surface area (Å²) in [6, 6.07) is 11.9. The average Bonchev–Trinajstić information content (AvgIpc) is 2.77. The zero-order chi connectivity index (χ0) is 22.0. The largest absolute Gasteiger partial charge is 0.495 e. The number of carbonyl (C=O) groups excluding carboxylic acids is 2. The molecular weight excluding hydrogens is 418 g/mol. The number of benzene rings is 2. The van der Waals surface area contributed by atoms with Crippen molar-refractivity contribution in [3.05, 3.63) is 48.5 Å². The van der Waals surface area contributed by atoms with Crippen LogP contribution < -0.4 is 19.3 Å². The van der Waals surface area contributed by atoms with E-state index in [2.05, 4.69) is 5.32 Å². The number of sulfonamides is 1. The van der Waals surface area contributed by atoms with Crippen LogP contribution in [0.4, 0.5) is 16.2 Å². The van der Waals surface area contributed by atoms with E-state index in [4.69, 9.17) is 4.74 Å². The van der Waals surface area contributed by atoms with Crippen molar-refractivity contribution >= 4 is 33.3 Å². The highest BCUT2D eigenvalue weighted by Crippen LogP contribution is 2.40. The van der Waals surface area contributed by atoms with Gasteiger partial charge in [-0.05, 0) is 37.1 Å². The molecule has 2 aliphatic rings. The summed E-state index contributed by atoms with van der Waals surface area (Å²) in [6.45, 7) is -0.270. The number of hydrogen-bond acceptors (Lipinski definition) is 5. The van der Waals surface area contributed by atoms with Gasteiger partial charge in [0.2, 0.25) is 5.91 Å². The normalized spacial score (nSPS) is 18.4. The Morgan fingerprint density at radius 2 is 1.68 bits per heavy atom. The number of hydrogen-bond donors (Lipinski definition) is 1. The smallest absolute Gasteiger partial charge is 0.343 e. The van der Waals surface area contributed by atoms with Crippen LogP contribution in [0, 0.1) is 0 Å². The third-order valence-electron chi connectivity index (χ3n) is 5.65. The van der Waals surface area contributed by atoms with Crippen molar-refractivity contribution in [2.24, 2.45) is 0 Å². The van der Waals surface area contributed by atoms with E-state index in [9.17, 15) is 18.0 Å². The first-order valence-corrected chi connectivity index (χ1v) is 11.8. The van der Waals surface area contributed by atoms with E-state index in [1.807, 2.05) is 0 Å². The molecule has 0 radical (unpaired) electrons. The number of urea groups is 1. The fourth-order valence-electron chi connectivity index (χ4n) is 4.16. The van der Waals surface area contributed by atoms with Gasteiger partial charge in [0.15, 0.2) is 0 Å². The van der Waals surface area contributed by atoms with Gasteiger partial charge in [-0.3, -0.25) is 9.69 Å². The number of carbonyl (C=O) groups is 2. The third-order valence-corrected chi connectivity index (χ3v) is 7.39. The van der Waals surface area contributed by atoms with Gasteiger partial charge in [0.25, 0.3) is 10.0 Å². The molecule has 0 spiro atoms. The number of anilines is 2. The van der Waals surface area contributed by atoms with Crippen LogP contribution in [0.2, 0.25) is 0 Å². The number of methoxy groups -OCH3 is 1. The SMILES string of the molecule is COc1ccccc1N1C(=O)N(CC(=O)NC2CCCCC2)c2ccccc2S1(=O)=O. The first-order chi connectivity index (χ1) is 14.9. The minimum atomic E-state index is -4.18. The molecule has 0 atom stereocenters. The molecule has 1 saturated carbocycles. The van der Waals surface area contributed by atoms with Crippen LogP contribution >= 0.6 is 0 Å². The maximum Gasteiger partial charge on any atom is 0.343 e. The van der Waals surface area contributed by atoms with Gasteiger partial charge in [-0.25, -0.2) is 13.2 Å². The van der Waals surface area contributed by atoms with E-state index in [-0.39, 0.29) is 40.5 Å². The van der Waals surface area contributed by atoms with E-state index in [1.54, 1.807) is 30.3 Å². The van der Waals surface area contributed by atoms with Gasteiger partial charge >= 0.3 is 6.03 Å². The summed E-state index contributed by atoms with van der Waals surface area (Å²) in [4.78, 5) is 27.4. The van der Waals surface area contributed by atoms with Gasteiger partial charge in [-0.1, -0.05) is 43.5 Å². The van der Waals surface area contributed by atoms with Gasteiger partial charge in [-0.2, -0.15) is 4.31 Å². The molecule has 2 aromatic rings. The highest BCUT2D eigenvalue weighted by Gasteiger charge is 2.44. The van der Waals surface area contributed by atoms with E-state index in [0.29, 0.717) is 4.31 Å². The Hall–Kier alpha value is -3.07. The fourth-order valence-corrected chi connectivity index (χ4v) is 5.76. The van der Waals surface area contributed by atoms with Crippen molar-refractivity contribution in [3.8, 4) is 5.75 Å². The average molecular weight is 444 g/mol. The van der Waals surface area contributed by atoms with E-state index < -0.39 is 16.1 Å². The van der Waals surface area contributed by atoms with Crippen molar-refractivity contribution in [2.75, 3.05) is 22.9 Å². The molecular formula is C22H25N3O5S. The van der Waals surface area contributed by atoms with Crippen LogP contribution in [0.1, 0.15) is 32.1 Å². The Morgan fingerprint density at radius 1 is 1.03 bits per heavy atom. The Kier molecular flexibility index (Phi) is 5.86. The lowest BCUT2D eigenvalue weighted by molar-refractivity contribution is -0.120. The van der Waals surface area contributed by atoms with Gasteiger partial charge in [0.1, 0.15) is 22.9 Å².